The molecule has 3 N–H and O–H groups in total. The van der Waals surface area contributed by atoms with Crippen LogP contribution >= 0.6 is 0 Å². The molecule has 1 saturated heterocycles. The number of nitrogens with zero attached hydrogens (tertiary/aromatic N) is 1. The summed E-state index contributed by atoms with van der Waals surface area (Å²) in [4.78, 5) is 26.5. The molecule has 1 atom stereocenters. The Kier molecular flexibility index (Phi) is 5.35. The first-order valence-electron chi connectivity index (χ1n) is 10.2. The number of phenols is 1. The van der Waals surface area contributed by atoms with Crippen molar-refractivity contribution in [3.05, 3.63) is 74.6 Å². The van der Waals surface area contributed by atoms with Gasteiger partial charge in [-0.3, -0.25) is 14.5 Å². The van der Waals surface area contributed by atoms with Crippen LogP contribution in [0.25, 0.3) is 11.0 Å². The molecule has 6 heteroatoms. The van der Waals surface area contributed by atoms with Crippen LogP contribution in [0.2, 0.25) is 0 Å². The fraction of sp³-hybridized carbons (Fsp3) is 0.333. The lowest BCUT2D eigenvalue weighted by Crippen LogP contribution is -2.34. The van der Waals surface area contributed by atoms with E-state index >= 15 is 0 Å². The predicted octanol–water partition coefficient (Wildman–Crippen LogP) is 3.59. The maximum atomic E-state index is 12.9. The van der Waals surface area contributed by atoms with Crippen molar-refractivity contribution >= 4 is 16.9 Å². The molecule has 1 aliphatic rings. The number of phenolic OH excluding ortho intramolecular Hbond substituents is 1. The maximum Gasteiger partial charge on any atom is 0.248 e. The second-order valence-corrected chi connectivity index (χ2v) is 8.14. The molecule has 2 heterocycles. The standard InChI is InChI=1S/C24H26N2O4/c1-14-20(27)10-9-19-21(28)15(2)22(30-23(14)19)18-4-3-11-26(13-18)12-16-5-7-17(8-6-16)24(25)29/h5-10,18,27H,3-4,11-13H2,1-2H3,(H2,25,29). The topological polar surface area (TPSA) is 96.8 Å². The lowest BCUT2D eigenvalue weighted by molar-refractivity contribution is 0.1000. The number of hydrogen-bond acceptors (Lipinski definition) is 5. The fourth-order valence-electron chi connectivity index (χ4n) is 4.33. The van der Waals surface area contributed by atoms with Crippen LogP contribution < -0.4 is 11.2 Å². The summed E-state index contributed by atoms with van der Waals surface area (Å²) in [5.41, 5.74) is 8.60. The van der Waals surface area contributed by atoms with E-state index in [2.05, 4.69) is 4.90 Å². The predicted molar refractivity (Wildman–Crippen MR) is 116 cm³/mol. The molecule has 30 heavy (non-hydrogen) atoms. The molecule has 156 valence electrons. The number of nitrogens with two attached hydrogens (primary N) is 1. The van der Waals surface area contributed by atoms with Crippen LogP contribution in [0.4, 0.5) is 0 Å². The van der Waals surface area contributed by atoms with Gasteiger partial charge >= 0.3 is 0 Å². The number of amides is 1. The van der Waals surface area contributed by atoms with Gasteiger partial charge in [-0.2, -0.15) is 0 Å². The Bertz CT molecular complexity index is 1160. The highest BCUT2D eigenvalue weighted by molar-refractivity contribution is 5.92. The van der Waals surface area contributed by atoms with Crippen molar-refractivity contribution in [3.8, 4) is 5.75 Å². The minimum absolute atomic E-state index is 0.0338. The van der Waals surface area contributed by atoms with Gasteiger partial charge in [-0.15, -0.1) is 0 Å². The summed E-state index contributed by atoms with van der Waals surface area (Å²) in [6, 6.07) is 10.5. The van der Waals surface area contributed by atoms with E-state index in [9.17, 15) is 14.7 Å². The van der Waals surface area contributed by atoms with Gasteiger partial charge in [0.15, 0.2) is 5.43 Å². The zero-order valence-corrected chi connectivity index (χ0v) is 17.3. The Morgan fingerprint density at radius 2 is 1.90 bits per heavy atom. The highest BCUT2D eigenvalue weighted by Gasteiger charge is 2.27. The van der Waals surface area contributed by atoms with Crippen molar-refractivity contribution in [2.24, 2.45) is 5.73 Å². The number of hydrogen-bond donors (Lipinski definition) is 2. The van der Waals surface area contributed by atoms with Gasteiger partial charge in [0.2, 0.25) is 5.91 Å². The van der Waals surface area contributed by atoms with Crippen LogP contribution in [0.1, 0.15) is 51.6 Å². The molecule has 0 aliphatic carbocycles. The highest BCUT2D eigenvalue weighted by Crippen LogP contribution is 2.33. The number of benzene rings is 2. The third-order valence-corrected chi connectivity index (χ3v) is 6.07. The Balaban J connectivity index is 1.60. The number of rotatable bonds is 4. The maximum absolute atomic E-state index is 12.9. The van der Waals surface area contributed by atoms with Crippen molar-refractivity contribution in [2.75, 3.05) is 13.1 Å². The molecule has 1 aromatic heterocycles. The zero-order valence-electron chi connectivity index (χ0n) is 17.3. The van der Waals surface area contributed by atoms with E-state index in [1.54, 1.807) is 31.2 Å². The second kappa shape index (κ2) is 7.95. The van der Waals surface area contributed by atoms with E-state index in [0.29, 0.717) is 27.7 Å². The first-order chi connectivity index (χ1) is 14.3. The van der Waals surface area contributed by atoms with Crippen molar-refractivity contribution < 1.29 is 14.3 Å². The van der Waals surface area contributed by atoms with E-state index in [1.807, 2.05) is 19.1 Å². The Hall–Kier alpha value is -3.12. The summed E-state index contributed by atoms with van der Waals surface area (Å²) in [5, 5.41) is 10.5. The van der Waals surface area contributed by atoms with Gasteiger partial charge in [0.1, 0.15) is 17.1 Å². The van der Waals surface area contributed by atoms with Crippen LogP contribution in [0.15, 0.2) is 45.6 Å². The van der Waals surface area contributed by atoms with Crippen molar-refractivity contribution in [2.45, 2.75) is 39.2 Å². The van der Waals surface area contributed by atoms with Crippen LogP contribution in [0.3, 0.4) is 0 Å². The summed E-state index contributed by atoms with van der Waals surface area (Å²) >= 11 is 0. The largest absolute Gasteiger partial charge is 0.508 e. The Morgan fingerprint density at radius 1 is 1.17 bits per heavy atom. The SMILES string of the molecule is Cc1c(C2CCCN(Cc3ccc(C(N)=O)cc3)C2)oc2c(C)c(O)ccc2c1=O. The lowest BCUT2D eigenvalue weighted by atomic mass is 9.92. The number of fused-ring (bicyclic) bond motifs is 1. The van der Waals surface area contributed by atoms with E-state index < -0.39 is 5.91 Å². The van der Waals surface area contributed by atoms with E-state index in [4.69, 9.17) is 10.2 Å². The number of aromatic hydroxyl groups is 1. The van der Waals surface area contributed by atoms with Crippen LogP contribution in [0.5, 0.6) is 5.75 Å². The van der Waals surface area contributed by atoms with Gasteiger partial charge in [-0.25, -0.2) is 0 Å². The van der Waals surface area contributed by atoms with Gasteiger partial charge in [0.05, 0.1) is 5.39 Å². The number of piperidine rings is 1. The number of aryl methyl sites for hydroxylation is 1. The highest BCUT2D eigenvalue weighted by atomic mass is 16.3. The second-order valence-electron chi connectivity index (χ2n) is 8.14. The number of likely N-dealkylation sites (tertiary alicyclic amines) is 1. The summed E-state index contributed by atoms with van der Waals surface area (Å²) < 4.78 is 6.23. The summed E-state index contributed by atoms with van der Waals surface area (Å²) in [7, 11) is 0. The van der Waals surface area contributed by atoms with Crippen molar-refractivity contribution in [1.82, 2.24) is 4.90 Å². The molecular weight excluding hydrogens is 380 g/mol. The van der Waals surface area contributed by atoms with Crippen molar-refractivity contribution in [3.63, 3.8) is 0 Å². The first kappa shape index (κ1) is 20.2. The first-order valence-corrected chi connectivity index (χ1v) is 10.2. The summed E-state index contributed by atoms with van der Waals surface area (Å²) in [6.45, 7) is 6.09. The minimum Gasteiger partial charge on any atom is -0.508 e. The van der Waals surface area contributed by atoms with Crippen LogP contribution in [-0.2, 0) is 6.54 Å². The lowest BCUT2D eigenvalue weighted by Gasteiger charge is -2.32. The van der Waals surface area contributed by atoms with Gasteiger partial charge in [0, 0.05) is 35.7 Å². The number of primary amides is 1. The van der Waals surface area contributed by atoms with E-state index in [0.717, 1.165) is 43.8 Å². The molecule has 4 rings (SSSR count). The van der Waals surface area contributed by atoms with Gasteiger partial charge < -0.3 is 15.3 Å². The number of carbonyl (C=O) groups is 1. The van der Waals surface area contributed by atoms with E-state index in [-0.39, 0.29) is 17.1 Å². The van der Waals surface area contributed by atoms with Crippen molar-refractivity contribution in [1.29, 1.82) is 0 Å². The smallest absolute Gasteiger partial charge is 0.248 e. The van der Waals surface area contributed by atoms with Crippen LogP contribution in [-0.4, -0.2) is 29.0 Å². The summed E-state index contributed by atoms with van der Waals surface area (Å²) in [6.07, 6.45) is 1.95. The zero-order chi connectivity index (χ0) is 21.4. The molecule has 1 unspecified atom stereocenters. The molecule has 6 nitrogen and oxygen atoms in total. The molecule has 1 amide bonds. The molecule has 0 radical (unpaired) electrons. The molecule has 0 bridgehead atoms. The minimum atomic E-state index is -0.428. The average Bonchev–Trinajstić information content (AvgIpc) is 2.74. The fourth-order valence-corrected chi connectivity index (χ4v) is 4.33. The molecule has 0 spiro atoms. The molecule has 3 aromatic rings. The van der Waals surface area contributed by atoms with Gasteiger partial charge in [-0.05, 0) is 63.1 Å². The quantitative estimate of drug-likeness (QED) is 0.690. The monoisotopic (exact) mass is 406 g/mol. The molecule has 2 aromatic carbocycles. The molecule has 0 saturated carbocycles. The van der Waals surface area contributed by atoms with Crippen LogP contribution in [0, 0.1) is 13.8 Å². The Labute approximate surface area is 174 Å². The summed E-state index contributed by atoms with van der Waals surface area (Å²) in [5.74, 6) is 0.533. The van der Waals surface area contributed by atoms with Gasteiger partial charge in [0.25, 0.3) is 0 Å². The third kappa shape index (κ3) is 3.71. The van der Waals surface area contributed by atoms with E-state index in [1.165, 1.54) is 0 Å². The molecule has 1 aliphatic heterocycles. The molecular formula is C24H26N2O4. The van der Waals surface area contributed by atoms with Gasteiger partial charge in [-0.1, -0.05) is 12.1 Å². The average molecular weight is 406 g/mol. The normalized spacial score (nSPS) is 17.3. The molecule has 1 fully saturated rings. The number of carbonyl (C=O) groups excluding carboxylic acids is 1. The Morgan fingerprint density at radius 3 is 2.60 bits per heavy atom. The third-order valence-electron chi connectivity index (χ3n) is 6.07.